The maximum atomic E-state index is 2.55. The number of hydrogen-bond acceptors (Lipinski definition) is 1. The van der Waals surface area contributed by atoms with E-state index in [1.807, 2.05) is 0 Å². The average molecular weight is 966 g/mol. The first-order valence-electron chi connectivity index (χ1n) is 26.3. The second-order valence-electron chi connectivity index (χ2n) is 20.4. The highest BCUT2D eigenvalue weighted by molar-refractivity contribution is 6.13. The molecule has 3 heteroatoms. The van der Waals surface area contributed by atoms with E-state index in [-0.39, 0.29) is 0 Å². The molecule has 2 aromatic heterocycles. The Morgan fingerprint density at radius 1 is 0.263 bits per heavy atom. The molecule has 0 radical (unpaired) electrons. The number of hydrogen-bond donors (Lipinski definition) is 0. The van der Waals surface area contributed by atoms with E-state index in [9.17, 15) is 0 Å². The Morgan fingerprint density at radius 2 is 0.684 bits per heavy atom. The lowest BCUT2D eigenvalue weighted by molar-refractivity contribution is 0.794. The number of fused-ring (bicyclic) bond motifs is 16. The second-order valence-corrected chi connectivity index (χ2v) is 20.4. The summed E-state index contributed by atoms with van der Waals surface area (Å²) < 4.78 is 4.88. The summed E-state index contributed by atoms with van der Waals surface area (Å²) in [5.74, 6) is 0. The molecule has 0 unspecified atom stereocenters. The second kappa shape index (κ2) is 16.5. The number of anilines is 3. The van der Waals surface area contributed by atoms with Gasteiger partial charge in [-0.3, -0.25) is 0 Å². The SMILES string of the molecule is c1ccc(-c2cc(-c3ccccc3)cc(-n3c4ccccc4c4cc(N(c5ccc6c(c5)c5ccccc5n6-c5ccccc5)c5cccc6c5-c5ccccc5C65c6ccccc6-c6ccccc65)ccc43)c2)cc1. The molecule has 2 aliphatic carbocycles. The molecule has 0 saturated carbocycles. The minimum Gasteiger partial charge on any atom is -0.310 e. The van der Waals surface area contributed by atoms with Crippen molar-refractivity contribution < 1.29 is 0 Å². The topological polar surface area (TPSA) is 13.1 Å². The highest BCUT2D eigenvalue weighted by Gasteiger charge is 2.52. The van der Waals surface area contributed by atoms with Crippen LogP contribution in [-0.4, -0.2) is 9.13 Å². The Labute approximate surface area is 441 Å². The Hall–Kier alpha value is -9.96. The molecular formula is C73H47N3. The molecule has 14 aromatic rings. The normalized spacial score (nSPS) is 12.8. The standard InChI is InChI=1S/C73H47N3/c1-4-21-48(22-5-1)50-43-51(49-23-6-2-7-24-49)45-55(44-50)76-68-37-19-14-30-59(68)62-47-54(40-42-70(62)76)74(53-39-41-69-61(46-53)58-29-13-18-36-67(58)75(69)52-25-8-3-9-26-52)71-38-20-35-66-72(71)60-31-12-17-34-65(60)73(66)63-32-15-10-27-56(63)57-28-11-16-33-64(57)73/h1-47H. The van der Waals surface area contributed by atoms with Crippen LogP contribution in [0.15, 0.2) is 285 Å². The number of aromatic nitrogens is 2. The van der Waals surface area contributed by atoms with Gasteiger partial charge in [-0.1, -0.05) is 200 Å². The maximum absolute atomic E-state index is 2.55. The highest BCUT2D eigenvalue weighted by atomic mass is 15.1. The van der Waals surface area contributed by atoms with Gasteiger partial charge in [0, 0.05) is 49.9 Å². The van der Waals surface area contributed by atoms with Crippen molar-refractivity contribution in [1.29, 1.82) is 0 Å². The largest absolute Gasteiger partial charge is 0.310 e. The molecule has 76 heavy (non-hydrogen) atoms. The zero-order valence-corrected chi connectivity index (χ0v) is 41.5. The van der Waals surface area contributed by atoms with Crippen molar-refractivity contribution >= 4 is 60.7 Å². The quantitative estimate of drug-likeness (QED) is 0.155. The number of nitrogens with zero attached hydrogens (tertiary/aromatic N) is 3. The van der Waals surface area contributed by atoms with Crippen LogP contribution in [-0.2, 0) is 5.41 Å². The van der Waals surface area contributed by atoms with E-state index >= 15 is 0 Å². The van der Waals surface area contributed by atoms with E-state index in [1.54, 1.807) is 0 Å². The van der Waals surface area contributed by atoms with E-state index in [0.717, 1.165) is 39.5 Å². The first-order valence-corrected chi connectivity index (χ1v) is 26.3. The summed E-state index contributed by atoms with van der Waals surface area (Å²) in [6.45, 7) is 0. The molecule has 0 saturated heterocycles. The van der Waals surface area contributed by atoms with Crippen molar-refractivity contribution in [2.75, 3.05) is 4.90 Å². The third kappa shape index (κ3) is 6.05. The molecule has 3 nitrogen and oxygen atoms in total. The maximum Gasteiger partial charge on any atom is 0.0726 e. The van der Waals surface area contributed by atoms with Crippen LogP contribution in [0.4, 0.5) is 17.1 Å². The Morgan fingerprint density at radius 3 is 1.24 bits per heavy atom. The van der Waals surface area contributed by atoms with E-state index in [1.165, 1.54) is 99.3 Å². The minimum absolute atomic E-state index is 0.488. The number of rotatable bonds is 7. The summed E-state index contributed by atoms with van der Waals surface area (Å²) in [5.41, 5.74) is 24.9. The fourth-order valence-corrected chi connectivity index (χ4v) is 13.4. The lowest BCUT2D eigenvalue weighted by Crippen LogP contribution is -2.26. The summed E-state index contributed by atoms with van der Waals surface area (Å²) in [4.78, 5) is 2.55. The predicted molar refractivity (Wildman–Crippen MR) is 317 cm³/mol. The molecule has 0 N–H and O–H groups in total. The van der Waals surface area contributed by atoms with Crippen LogP contribution in [0.2, 0.25) is 0 Å². The first-order chi connectivity index (χ1) is 37.7. The van der Waals surface area contributed by atoms with Gasteiger partial charge in [-0.15, -0.1) is 0 Å². The lowest BCUT2D eigenvalue weighted by atomic mass is 9.70. The van der Waals surface area contributed by atoms with Gasteiger partial charge in [-0.2, -0.15) is 0 Å². The molecule has 0 aliphatic heterocycles. The Bertz CT molecular complexity index is 4540. The van der Waals surface area contributed by atoms with Gasteiger partial charge in [0.1, 0.15) is 0 Å². The summed E-state index contributed by atoms with van der Waals surface area (Å²) >= 11 is 0. The van der Waals surface area contributed by atoms with Gasteiger partial charge in [-0.05, 0) is 146 Å². The summed E-state index contributed by atoms with van der Waals surface area (Å²) in [6.07, 6.45) is 0. The van der Waals surface area contributed by atoms with Gasteiger partial charge >= 0.3 is 0 Å². The Kier molecular flexibility index (Phi) is 9.25. The molecule has 0 amide bonds. The molecule has 0 bridgehead atoms. The molecule has 12 aromatic carbocycles. The minimum atomic E-state index is -0.488. The molecule has 0 fully saturated rings. The fraction of sp³-hybridized carbons (Fsp3) is 0.0137. The molecule has 16 rings (SSSR count). The van der Waals surface area contributed by atoms with Gasteiger partial charge in [0.2, 0.25) is 0 Å². The van der Waals surface area contributed by atoms with Crippen LogP contribution in [0.1, 0.15) is 22.3 Å². The Balaban J connectivity index is 0.972. The summed E-state index contributed by atoms with van der Waals surface area (Å²) in [5, 5.41) is 4.81. The van der Waals surface area contributed by atoms with Gasteiger partial charge in [-0.25, -0.2) is 0 Å². The van der Waals surface area contributed by atoms with Gasteiger partial charge in [0.05, 0.1) is 33.2 Å². The fourth-order valence-electron chi connectivity index (χ4n) is 13.4. The molecule has 2 aliphatic rings. The van der Waals surface area contributed by atoms with Crippen molar-refractivity contribution in [2.24, 2.45) is 0 Å². The van der Waals surface area contributed by atoms with E-state index in [4.69, 9.17) is 0 Å². The third-order valence-corrected chi connectivity index (χ3v) is 16.5. The highest BCUT2D eigenvalue weighted by Crippen LogP contribution is 2.65. The zero-order valence-electron chi connectivity index (χ0n) is 41.5. The first kappa shape index (κ1) is 42.5. The summed E-state index contributed by atoms with van der Waals surface area (Å²) in [7, 11) is 0. The van der Waals surface area contributed by atoms with Crippen molar-refractivity contribution in [3.05, 3.63) is 307 Å². The van der Waals surface area contributed by atoms with Crippen LogP contribution in [0.25, 0.3) is 99.5 Å². The van der Waals surface area contributed by atoms with Gasteiger partial charge in [0.25, 0.3) is 0 Å². The van der Waals surface area contributed by atoms with Crippen LogP contribution in [0.5, 0.6) is 0 Å². The van der Waals surface area contributed by atoms with E-state index in [0.29, 0.717) is 0 Å². The van der Waals surface area contributed by atoms with E-state index < -0.39 is 5.41 Å². The van der Waals surface area contributed by atoms with Crippen molar-refractivity contribution in [3.63, 3.8) is 0 Å². The van der Waals surface area contributed by atoms with Crippen LogP contribution >= 0.6 is 0 Å². The van der Waals surface area contributed by atoms with Crippen molar-refractivity contribution in [3.8, 4) is 55.9 Å². The van der Waals surface area contributed by atoms with E-state index in [2.05, 4.69) is 299 Å². The van der Waals surface area contributed by atoms with Crippen LogP contribution in [0, 0.1) is 0 Å². The lowest BCUT2D eigenvalue weighted by Gasteiger charge is -2.32. The van der Waals surface area contributed by atoms with Crippen LogP contribution < -0.4 is 4.90 Å². The number of para-hydroxylation sites is 3. The molecular weight excluding hydrogens is 919 g/mol. The predicted octanol–water partition coefficient (Wildman–Crippen LogP) is 19.0. The van der Waals surface area contributed by atoms with Gasteiger partial charge in [0.15, 0.2) is 0 Å². The van der Waals surface area contributed by atoms with Crippen molar-refractivity contribution in [1.82, 2.24) is 9.13 Å². The molecule has 1 spiro atoms. The summed E-state index contributed by atoms with van der Waals surface area (Å²) in [6, 6.07) is 106. The average Bonchev–Trinajstić information content (AvgIpc) is 4.19. The smallest absolute Gasteiger partial charge is 0.0726 e. The molecule has 2 heterocycles. The third-order valence-electron chi connectivity index (χ3n) is 16.5. The molecule has 354 valence electrons. The zero-order chi connectivity index (χ0) is 49.9. The van der Waals surface area contributed by atoms with Gasteiger partial charge < -0.3 is 14.0 Å². The molecule has 0 atom stereocenters. The van der Waals surface area contributed by atoms with Crippen LogP contribution in [0.3, 0.4) is 0 Å². The number of benzene rings is 12. The monoisotopic (exact) mass is 965 g/mol. The van der Waals surface area contributed by atoms with Crippen molar-refractivity contribution in [2.45, 2.75) is 5.41 Å².